The minimum Gasteiger partial charge on any atom is -0.351 e. The molecule has 1 aliphatic rings. The van der Waals surface area contributed by atoms with Gasteiger partial charge in [0.1, 0.15) is 0 Å². The van der Waals surface area contributed by atoms with Gasteiger partial charge in [0.2, 0.25) is 5.91 Å². The minimum absolute atomic E-state index is 0.160. The van der Waals surface area contributed by atoms with E-state index in [4.69, 9.17) is 0 Å². The summed E-state index contributed by atoms with van der Waals surface area (Å²) in [7, 11) is 0. The van der Waals surface area contributed by atoms with Crippen molar-refractivity contribution in [3.05, 3.63) is 0 Å². The highest BCUT2D eigenvalue weighted by molar-refractivity contribution is 5.76. The van der Waals surface area contributed by atoms with Crippen molar-refractivity contribution in [2.45, 2.75) is 57.9 Å². The first-order valence-corrected chi connectivity index (χ1v) is 5.03. The van der Waals surface area contributed by atoms with Gasteiger partial charge in [0.15, 0.2) is 0 Å². The molecule has 0 aromatic carbocycles. The van der Waals surface area contributed by atoms with Crippen molar-refractivity contribution in [3.63, 3.8) is 0 Å². The molecule has 1 fully saturated rings. The second kappa shape index (κ2) is 3.92. The summed E-state index contributed by atoms with van der Waals surface area (Å²) in [6.45, 7) is 4.08. The predicted molar refractivity (Wildman–Crippen MR) is 49.9 cm³/mol. The zero-order valence-corrected chi connectivity index (χ0v) is 8.15. The molecule has 0 radical (unpaired) electrons. The molecule has 1 aliphatic carbocycles. The smallest absolute Gasteiger partial charge is 0.220 e. The van der Waals surface area contributed by atoms with E-state index in [0.717, 1.165) is 6.42 Å². The molecule has 0 saturated heterocycles. The van der Waals surface area contributed by atoms with Gasteiger partial charge in [-0.25, -0.2) is 0 Å². The van der Waals surface area contributed by atoms with Crippen LogP contribution in [0.15, 0.2) is 0 Å². The lowest BCUT2D eigenvalue weighted by Gasteiger charge is -2.28. The predicted octanol–water partition coefficient (Wildman–Crippen LogP) is 2.24. The van der Waals surface area contributed by atoms with E-state index < -0.39 is 0 Å². The van der Waals surface area contributed by atoms with E-state index >= 15 is 0 Å². The first-order valence-electron chi connectivity index (χ1n) is 5.03. The molecule has 0 spiro atoms. The van der Waals surface area contributed by atoms with E-state index in [9.17, 15) is 4.79 Å². The van der Waals surface area contributed by atoms with Gasteiger partial charge in [-0.2, -0.15) is 0 Å². The Morgan fingerprint density at radius 1 is 1.33 bits per heavy atom. The SMILES string of the molecule is CCC(=O)NC1(CC)CCCC1. The zero-order valence-electron chi connectivity index (χ0n) is 8.15. The maximum atomic E-state index is 11.2. The highest BCUT2D eigenvalue weighted by Gasteiger charge is 2.32. The third-order valence-electron chi connectivity index (χ3n) is 2.96. The normalized spacial score (nSPS) is 20.8. The van der Waals surface area contributed by atoms with Gasteiger partial charge in [-0.15, -0.1) is 0 Å². The van der Waals surface area contributed by atoms with Crippen LogP contribution in [-0.4, -0.2) is 11.4 Å². The summed E-state index contributed by atoms with van der Waals surface area (Å²) in [5.41, 5.74) is 0.160. The Balaban J connectivity index is 2.49. The number of hydrogen-bond acceptors (Lipinski definition) is 1. The summed E-state index contributed by atoms with van der Waals surface area (Å²) in [5.74, 6) is 0.207. The molecule has 1 N–H and O–H groups in total. The monoisotopic (exact) mass is 169 g/mol. The van der Waals surface area contributed by atoms with Crippen LogP contribution in [0.4, 0.5) is 0 Å². The fourth-order valence-corrected chi connectivity index (χ4v) is 2.00. The van der Waals surface area contributed by atoms with Crippen LogP contribution in [0.5, 0.6) is 0 Å². The van der Waals surface area contributed by atoms with Crippen molar-refractivity contribution in [1.82, 2.24) is 5.32 Å². The van der Waals surface area contributed by atoms with E-state index in [0.29, 0.717) is 6.42 Å². The Labute approximate surface area is 74.7 Å². The summed E-state index contributed by atoms with van der Waals surface area (Å²) in [5, 5.41) is 3.15. The fourth-order valence-electron chi connectivity index (χ4n) is 2.00. The summed E-state index contributed by atoms with van der Waals surface area (Å²) in [6, 6.07) is 0. The number of carbonyl (C=O) groups is 1. The van der Waals surface area contributed by atoms with Gasteiger partial charge in [-0.3, -0.25) is 4.79 Å². The Morgan fingerprint density at radius 2 is 1.92 bits per heavy atom. The molecule has 2 nitrogen and oxygen atoms in total. The molecule has 1 saturated carbocycles. The van der Waals surface area contributed by atoms with Gasteiger partial charge in [0, 0.05) is 12.0 Å². The molecule has 0 aromatic heterocycles. The van der Waals surface area contributed by atoms with Crippen molar-refractivity contribution < 1.29 is 4.79 Å². The second-order valence-electron chi connectivity index (χ2n) is 3.74. The van der Waals surface area contributed by atoms with E-state index in [1.54, 1.807) is 0 Å². The standard InChI is InChI=1S/C10H19NO/c1-3-9(12)11-10(4-2)7-5-6-8-10/h3-8H2,1-2H3,(H,11,12). The number of rotatable bonds is 3. The van der Waals surface area contributed by atoms with Crippen molar-refractivity contribution >= 4 is 5.91 Å². The molecule has 0 bridgehead atoms. The summed E-state index contributed by atoms with van der Waals surface area (Å²) in [4.78, 5) is 11.2. The van der Waals surface area contributed by atoms with Gasteiger partial charge < -0.3 is 5.32 Å². The van der Waals surface area contributed by atoms with Crippen LogP contribution in [0.25, 0.3) is 0 Å². The Morgan fingerprint density at radius 3 is 2.33 bits per heavy atom. The highest BCUT2D eigenvalue weighted by atomic mass is 16.1. The van der Waals surface area contributed by atoms with Crippen molar-refractivity contribution in [2.24, 2.45) is 0 Å². The summed E-state index contributed by atoms with van der Waals surface area (Å²) in [6.07, 6.45) is 6.60. The lowest BCUT2D eigenvalue weighted by atomic mass is 9.94. The third kappa shape index (κ3) is 1.99. The molecule has 2 heteroatoms. The van der Waals surface area contributed by atoms with Crippen LogP contribution in [0.3, 0.4) is 0 Å². The lowest BCUT2D eigenvalue weighted by molar-refractivity contribution is -0.122. The topological polar surface area (TPSA) is 29.1 Å². The van der Waals surface area contributed by atoms with E-state index in [1.807, 2.05) is 6.92 Å². The van der Waals surface area contributed by atoms with Crippen LogP contribution in [-0.2, 0) is 4.79 Å². The molecule has 0 heterocycles. The van der Waals surface area contributed by atoms with Gasteiger partial charge in [-0.05, 0) is 19.3 Å². The highest BCUT2D eigenvalue weighted by Crippen LogP contribution is 2.32. The number of amides is 1. The molecule has 12 heavy (non-hydrogen) atoms. The first kappa shape index (κ1) is 9.56. The van der Waals surface area contributed by atoms with Gasteiger partial charge >= 0.3 is 0 Å². The molecular formula is C10H19NO. The first-order chi connectivity index (χ1) is 5.72. The molecule has 1 rings (SSSR count). The fraction of sp³-hybridized carbons (Fsp3) is 0.900. The number of nitrogens with one attached hydrogen (secondary N) is 1. The maximum absolute atomic E-state index is 11.2. The van der Waals surface area contributed by atoms with E-state index in [2.05, 4.69) is 12.2 Å². The van der Waals surface area contributed by atoms with Crippen molar-refractivity contribution in [2.75, 3.05) is 0 Å². The van der Waals surface area contributed by atoms with Gasteiger partial charge in [0.25, 0.3) is 0 Å². The zero-order chi connectivity index (χ0) is 9.03. The lowest BCUT2D eigenvalue weighted by Crippen LogP contribution is -2.45. The number of carbonyl (C=O) groups excluding carboxylic acids is 1. The molecule has 1 amide bonds. The van der Waals surface area contributed by atoms with E-state index in [1.165, 1.54) is 25.7 Å². The van der Waals surface area contributed by atoms with Crippen LogP contribution in [0.2, 0.25) is 0 Å². The van der Waals surface area contributed by atoms with Crippen LogP contribution < -0.4 is 5.32 Å². The van der Waals surface area contributed by atoms with Crippen LogP contribution in [0.1, 0.15) is 52.4 Å². The molecule has 0 atom stereocenters. The Hall–Kier alpha value is -0.530. The third-order valence-corrected chi connectivity index (χ3v) is 2.96. The average molecular weight is 169 g/mol. The van der Waals surface area contributed by atoms with Gasteiger partial charge in [-0.1, -0.05) is 26.7 Å². The average Bonchev–Trinajstić information content (AvgIpc) is 2.54. The Kier molecular flexibility index (Phi) is 3.12. The molecule has 70 valence electrons. The largest absolute Gasteiger partial charge is 0.351 e. The van der Waals surface area contributed by atoms with Crippen molar-refractivity contribution in [3.8, 4) is 0 Å². The van der Waals surface area contributed by atoms with Crippen LogP contribution >= 0.6 is 0 Å². The molecular weight excluding hydrogens is 150 g/mol. The Bertz CT molecular complexity index is 159. The van der Waals surface area contributed by atoms with Gasteiger partial charge in [0.05, 0.1) is 0 Å². The van der Waals surface area contributed by atoms with E-state index in [-0.39, 0.29) is 11.4 Å². The van der Waals surface area contributed by atoms with Crippen LogP contribution in [0, 0.1) is 0 Å². The summed E-state index contributed by atoms with van der Waals surface area (Å²) < 4.78 is 0. The minimum atomic E-state index is 0.160. The molecule has 0 aliphatic heterocycles. The summed E-state index contributed by atoms with van der Waals surface area (Å²) >= 11 is 0. The molecule has 0 aromatic rings. The number of hydrogen-bond donors (Lipinski definition) is 1. The maximum Gasteiger partial charge on any atom is 0.220 e. The van der Waals surface area contributed by atoms with Crippen molar-refractivity contribution in [1.29, 1.82) is 0 Å². The molecule has 0 unspecified atom stereocenters. The second-order valence-corrected chi connectivity index (χ2v) is 3.74. The quantitative estimate of drug-likeness (QED) is 0.689.